The Kier molecular flexibility index (Phi) is 14.9. The summed E-state index contributed by atoms with van der Waals surface area (Å²) in [5.41, 5.74) is 6.18. The van der Waals surface area contributed by atoms with Gasteiger partial charge in [-0.05, 0) is 151 Å². The van der Waals surface area contributed by atoms with Gasteiger partial charge in [0.2, 0.25) is 5.91 Å². The van der Waals surface area contributed by atoms with E-state index < -0.39 is 5.97 Å². The molecule has 2 saturated carbocycles. The van der Waals surface area contributed by atoms with Crippen molar-refractivity contribution in [2.24, 2.45) is 11.8 Å². The van der Waals surface area contributed by atoms with Gasteiger partial charge in [-0.15, -0.1) is 0 Å². The summed E-state index contributed by atoms with van der Waals surface area (Å²) in [5, 5.41) is 11.9. The van der Waals surface area contributed by atoms with Gasteiger partial charge in [-0.2, -0.15) is 0 Å². The molecule has 0 spiro atoms. The van der Waals surface area contributed by atoms with Crippen molar-refractivity contribution in [2.75, 3.05) is 26.2 Å². The molecule has 3 aromatic rings. The van der Waals surface area contributed by atoms with Crippen molar-refractivity contribution in [1.29, 1.82) is 0 Å². The van der Waals surface area contributed by atoms with Crippen LogP contribution in [0.25, 0.3) is 0 Å². The summed E-state index contributed by atoms with van der Waals surface area (Å²) in [6.45, 7) is 5.43. The fourth-order valence-electron chi connectivity index (χ4n) is 9.22. The number of rotatable bonds is 12. The molecule has 53 heavy (non-hydrogen) atoms. The van der Waals surface area contributed by atoms with Crippen LogP contribution in [0.4, 0.5) is 0 Å². The maximum atomic E-state index is 12.3. The average Bonchev–Trinajstić information content (AvgIpc) is 3.94. The van der Waals surface area contributed by atoms with Gasteiger partial charge in [0.05, 0.1) is 12.2 Å². The summed E-state index contributed by atoms with van der Waals surface area (Å²) >= 11 is 0. The number of allylic oxidation sites excluding steroid dienone is 2. The van der Waals surface area contributed by atoms with Crippen molar-refractivity contribution >= 4 is 11.9 Å². The topological polar surface area (TPSA) is 85.8 Å². The third-order valence-electron chi connectivity index (χ3n) is 12.1. The number of carboxylic acids is 1. The fourth-order valence-corrected chi connectivity index (χ4v) is 9.22. The Morgan fingerprint density at radius 1 is 0.660 bits per heavy atom. The summed E-state index contributed by atoms with van der Waals surface area (Å²) in [6, 6.07) is 28.8. The number of benzene rings is 2. The largest absolute Gasteiger partial charge is 0.478 e. The number of carboxylic acid groups (broad SMARTS) is 1. The van der Waals surface area contributed by atoms with Gasteiger partial charge in [0, 0.05) is 30.4 Å². The van der Waals surface area contributed by atoms with Crippen LogP contribution in [0.1, 0.15) is 93.9 Å². The lowest BCUT2D eigenvalue weighted by Crippen LogP contribution is -2.41. The highest BCUT2D eigenvalue weighted by Gasteiger charge is 2.33. The smallest absolute Gasteiger partial charge is 0.328 e. The first-order chi connectivity index (χ1) is 26.0. The molecule has 2 aliphatic heterocycles. The lowest BCUT2D eigenvalue weighted by atomic mass is 9.78. The predicted octanol–water partition coefficient (Wildman–Crippen LogP) is 8.42. The van der Waals surface area contributed by atoms with Crippen molar-refractivity contribution < 1.29 is 14.7 Å². The fraction of sp³-hybridized carbons (Fsp3) is 0.500. The van der Waals surface area contributed by atoms with Gasteiger partial charge in [0.15, 0.2) is 0 Å². The number of carbonyl (C=O) groups excluding carboxylic acids is 1. The highest BCUT2D eigenvalue weighted by Crippen LogP contribution is 2.36. The first-order valence-corrected chi connectivity index (χ1v) is 20.4. The minimum atomic E-state index is -0.793. The van der Waals surface area contributed by atoms with E-state index in [0.29, 0.717) is 24.5 Å². The molecular formula is C46H60N4O3. The molecule has 3 heterocycles. The van der Waals surface area contributed by atoms with E-state index in [1.807, 2.05) is 24.3 Å². The van der Waals surface area contributed by atoms with Gasteiger partial charge < -0.3 is 10.4 Å². The number of aliphatic carboxylic acids is 1. The molecule has 2 aromatic carbocycles. The molecule has 7 heteroatoms. The van der Waals surface area contributed by atoms with E-state index in [-0.39, 0.29) is 5.91 Å². The monoisotopic (exact) mass is 716 g/mol. The molecule has 282 valence electrons. The van der Waals surface area contributed by atoms with Gasteiger partial charge in [-0.25, -0.2) is 4.79 Å². The number of carbonyl (C=O) groups is 2. The van der Waals surface area contributed by atoms with Crippen molar-refractivity contribution in [1.82, 2.24) is 20.1 Å². The molecule has 7 rings (SSSR count). The summed E-state index contributed by atoms with van der Waals surface area (Å²) < 4.78 is 0. The van der Waals surface area contributed by atoms with E-state index >= 15 is 0 Å². The maximum absolute atomic E-state index is 12.3. The second-order valence-corrected chi connectivity index (χ2v) is 15.7. The van der Waals surface area contributed by atoms with Crippen molar-refractivity contribution in [3.05, 3.63) is 125 Å². The first kappa shape index (κ1) is 38.6. The van der Waals surface area contributed by atoms with E-state index in [9.17, 15) is 9.59 Å². The van der Waals surface area contributed by atoms with E-state index in [0.717, 1.165) is 68.6 Å². The Labute approximate surface area is 317 Å². The molecule has 0 bridgehead atoms. The lowest BCUT2D eigenvalue weighted by Gasteiger charge is -2.37. The van der Waals surface area contributed by atoms with Crippen molar-refractivity contribution in [3.8, 4) is 0 Å². The second-order valence-electron chi connectivity index (χ2n) is 15.7. The maximum Gasteiger partial charge on any atom is 0.328 e. The third kappa shape index (κ3) is 12.2. The van der Waals surface area contributed by atoms with Gasteiger partial charge in [-0.1, -0.05) is 77.9 Å². The Morgan fingerprint density at radius 3 is 1.55 bits per heavy atom. The zero-order valence-electron chi connectivity index (χ0n) is 31.6. The highest BCUT2D eigenvalue weighted by molar-refractivity contribution is 5.88. The number of amides is 1. The second kappa shape index (κ2) is 20.4. The summed E-state index contributed by atoms with van der Waals surface area (Å²) in [4.78, 5) is 32.8. The van der Waals surface area contributed by atoms with E-state index in [1.165, 1.54) is 87.5 Å². The van der Waals surface area contributed by atoms with Gasteiger partial charge >= 0.3 is 5.97 Å². The van der Waals surface area contributed by atoms with Crippen LogP contribution in [0, 0.1) is 11.8 Å². The summed E-state index contributed by atoms with van der Waals surface area (Å²) in [5.74, 6) is 0.629. The standard InChI is InChI=1S/C26H33N3O.C20H27NO2/c30-26(28-20-24-10-4-5-15-27-24)19-22-11-13-23(14-12-22)25(29-16-6-7-17-29)18-21-8-2-1-3-9-21;22-20(23)15-17-8-10-18(11-9-17)19(21-12-4-5-13-21)14-16-6-2-1-3-7-16/h1-5,8-10,15,19,23,25H,6-7,11-14,16-18,20H2,(H,28,30);1-3,6-7,15,18-19H,4-5,8-14H2,(H,22,23). The van der Waals surface area contributed by atoms with Crippen LogP contribution in [0.2, 0.25) is 0 Å². The van der Waals surface area contributed by atoms with Crippen molar-refractivity contribution in [3.63, 3.8) is 0 Å². The molecule has 4 fully saturated rings. The molecule has 7 nitrogen and oxygen atoms in total. The quantitative estimate of drug-likeness (QED) is 0.183. The summed E-state index contributed by atoms with van der Waals surface area (Å²) in [7, 11) is 0. The van der Waals surface area contributed by atoms with Gasteiger partial charge in [-0.3, -0.25) is 19.6 Å². The Bertz CT molecular complexity index is 1590. The Hall–Kier alpha value is -4.07. The molecule has 2 atom stereocenters. The Morgan fingerprint density at radius 2 is 1.11 bits per heavy atom. The number of pyridine rings is 1. The van der Waals surface area contributed by atoms with Crippen LogP contribution in [-0.4, -0.2) is 70.0 Å². The number of likely N-dealkylation sites (tertiary alicyclic amines) is 2. The lowest BCUT2D eigenvalue weighted by molar-refractivity contribution is -0.131. The summed E-state index contributed by atoms with van der Waals surface area (Å²) in [6.07, 6.45) is 21.2. The predicted molar refractivity (Wildman–Crippen MR) is 213 cm³/mol. The molecule has 4 aliphatic rings. The molecule has 1 aromatic heterocycles. The molecule has 2 aliphatic carbocycles. The number of hydrogen-bond acceptors (Lipinski definition) is 5. The highest BCUT2D eigenvalue weighted by atomic mass is 16.4. The van der Waals surface area contributed by atoms with Crippen LogP contribution in [-0.2, 0) is 29.0 Å². The number of nitrogens with zero attached hydrogens (tertiary/aromatic N) is 3. The van der Waals surface area contributed by atoms with Crippen LogP contribution in [0.3, 0.4) is 0 Å². The minimum absolute atomic E-state index is 0.00878. The third-order valence-corrected chi connectivity index (χ3v) is 12.1. The molecule has 1 amide bonds. The minimum Gasteiger partial charge on any atom is -0.478 e. The zero-order valence-corrected chi connectivity index (χ0v) is 31.6. The molecule has 2 saturated heterocycles. The van der Waals surface area contributed by atoms with Crippen molar-refractivity contribution in [2.45, 2.75) is 109 Å². The van der Waals surface area contributed by atoms with E-state index in [1.54, 1.807) is 6.20 Å². The number of nitrogens with one attached hydrogen (secondary N) is 1. The Balaban J connectivity index is 0.000000188. The van der Waals surface area contributed by atoms with E-state index in [4.69, 9.17) is 5.11 Å². The van der Waals surface area contributed by atoms with Crippen LogP contribution in [0.15, 0.2) is 108 Å². The van der Waals surface area contributed by atoms with E-state index in [2.05, 4.69) is 80.8 Å². The molecular weight excluding hydrogens is 657 g/mol. The first-order valence-electron chi connectivity index (χ1n) is 20.4. The number of aromatic nitrogens is 1. The normalized spacial score (nSPS) is 22.0. The molecule has 2 unspecified atom stereocenters. The van der Waals surface area contributed by atoms with Gasteiger partial charge in [0.1, 0.15) is 0 Å². The van der Waals surface area contributed by atoms with Crippen LogP contribution in [0.5, 0.6) is 0 Å². The molecule has 2 N–H and O–H groups in total. The van der Waals surface area contributed by atoms with Gasteiger partial charge in [0.25, 0.3) is 0 Å². The van der Waals surface area contributed by atoms with Crippen LogP contribution < -0.4 is 5.32 Å². The van der Waals surface area contributed by atoms with Crippen LogP contribution >= 0.6 is 0 Å². The number of hydrogen-bond donors (Lipinski definition) is 2. The SMILES string of the molecule is O=C(C=C1CCC(C(Cc2ccccc2)N2CCCC2)CC1)NCc1ccccn1.O=C(O)C=C1CCC(C(Cc2ccccc2)N2CCCC2)CC1. The zero-order chi connectivity index (χ0) is 36.7. The average molecular weight is 717 g/mol. The molecule has 0 radical (unpaired) electrons.